The van der Waals surface area contributed by atoms with Gasteiger partial charge in [0.25, 0.3) is 5.91 Å². The van der Waals surface area contributed by atoms with Crippen molar-refractivity contribution in [2.24, 2.45) is 5.92 Å². The molecule has 0 saturated carbocycles. The highest BCUT2D eigenvalue weighted by Gasteiger charge is 2.17. The third kappa shape index (κ3) is 3.82. The average molecular weight is 364 g/mol. The standard InChI is InChI=1S/C18H19Cl2N3O/c1-12-7-9-23(10-8-12)13-5-6-16(21-11-13)18(24)22-15-4-2-3-14(19)17(15)20/h2-6,11-12H,7-10H2,1H3,(H,22,24). The van der Waals surface area contributed by atoms with Crippen LogP contribution in [-0.4, -0.2) is 24.0 Å². The zero-order valence-corrected chi connectivity index (χ0v) is 14.9. The van der Waals surface area contributed by atoms with Crippen molar-refractivity contribution in [1.82, 2.24) is 4.98 Å². The number of nitrogens with one attached hydrogen (secondary N) is 1. The number of pyridine rings is 1. The molecule has 0 bridgehead atoms. The van der Waals surface area contributed by atoms with Crippen molar-refractivity contribution in [3.05, 3.63) is 52.3 Å². The van der Waals surface area contributed by atoms with Gasteiger partial charge in [0.05, 0.1) is 27.6 Å². The summed E-state index contributed by atoms with van der Waals surface area (Å²) in [6.45, 7) is 4.35. The van der Waals surface area contributed by atoms with Gasteiger partial charge in [0, 0.05) is 13.1 Å². The molecule has 0 aliphatic carbocycles. The Labute approximate surface area is 151 Å². The minimum atomic E-state index is -0.307. The Bertz CT molecular complexity index is 726. The fourth-order valence-electron chi connectivity index (χ4n) is 2.76. The van der Waals surface area contributed by atoms with Gasteiger partial charge in [-0.1, -0.05) is 36.2 Å². The van der Waals surface area contributed by atoms with Gasteiger partial charge in [0.15, 0.2) is 0 Å². The number of amides is 1. The zero-order valence-electron chi connectivity index (χ0n) is 13.4. The van der Waals surface area contributed by atoms with Crippen LogP contribution >= 0.6 is 23.2 Å². The van der Waals surface area contributed by atoms with Gasteiger partial charge in [-0.2, -0.15) is 0 Å². The molecule has 6 heteroatoms. The molecule has 1 N–H and O–H groups in total. The number of anilines is 2. The predicted molar refractivity (Wildman–Crippen MR) is 99.3 cm³/mol. The molecule has 1 aromatic carbocycles. The lowest BCUT2D eigenvalue weighted by Gasteiger charge is -2.31. The summed E-state index contributed by atoms with van der Waals surface area (Å²) in [6.07, 6.45) is 4.13. The van der Waals surface area contributed by atoms with Gasteiger partial charge < -0.3 is 10.2 Å². The number of aromatic nitrogens is 1. The Hall–Kier alpha value is -1.78. The molecule has 4 nitrogen and oxygen atoms in total. The smallest absolute Gasteiger partial charge is 0.274 e. The van der Waals surface area contributed by atoms with Gasteiger partial charge in [0.1, 0.15) is 5.69 Å². The number of carbonyl (C=O) groups is 1. The summed E-state index contributed by atoms with van der Waals surface area (Å²) in [7, 11) is 0. The van der Waals surface area contributed by atoms with Crippen LogP contribution in [0, 0.1) is 5.92 Å². The number of piperidine rings is 1. The number of carbonyl (C=O) groups excluding carboxylic acids is 1. The molecule has 1 amide bonds. The van der Waals surface area contributed by atoms with Gasteiger partial charge >= 0.3 is 0 Å². The summed E-state index contributed by atoms with van der Waals surface area (Å²) >= 11 is 12.0. The van der Waals surface area contributed by atoms with Gasteiger partial charge in [-0.3, -0.25) is 4.79 Å². The van der Waals surface area contributed by atoms with Crippen LogP contribution in [0.15, 0.2) is 36.5 Å². The van der Waals surface area contributed by atoms with Crippen molar-refractivity contribution < 1.29 is 4.79 Å². The normalized spacial score (nSPS) is 15.4. The number of hydrogen-bond donors (Lipinski definition) is 1. The second-order valence-electron chi connectivity index (χ2n) is 6.13. The van der Waals surface area contributed by atoms with Crippen LogP contribution in [0.2, 0.25) is 10.0 Å². The fourth-order valence-corrected chi connectivity index (χ4v) is 3.11. The molecule has 2 aromatic rings. The molecule has 1 saturated heterocycles. The summed E-state index contributed by atoms with van der Waals surface area (Å²) in [6, 6.07) is 8.79. The maximum Gasteiger partial charge on any atom is 0.274 e. The van der Waals surface area contributed by atoms with E-state index in [1.807, 2.05) is 6.07 Å². The third-order valence-corrected chi connectivity index (χ3v) is 5.15. The Kier molecular flexibility index (Phi) is 5.27. The molecule has 1 fully saturated rings. The SMILES string of the molecule is CC1CCN(c2ccc(C(=O)Nc3cccc(Cl)c3Cl)nc2)CC1. The number of nitrogens with zero attached hydrogens (tertiary/aromatic N) is 2. The molecule has 0 atom stereocenters. The van der Waals surface area contributed by atoms with E-state index in [0.717, 1.165) is 24.7 Å². The Morgan fingerprint density at radius 2 is 1.96 bits per heavy atom. The summed E-state index contributed by atoms with van der Waals surface area (Å²) in [5, 5.41) is 3.47. The van der Waals surface area contributed by atoms with E-state index in [-0.39, 0.29) is 5.91 Å². The topological polar surface area (TPSA) is 45.2 Å². The Morgan fingerprint density at radius 1 is 1.21 bits per heavy atom. The largest absolute Gasteiger partial charge is 0.370 e. The van der Waals surface area contributed by atoms with Crippen LogP contribution in [0.4, 0.5) is 11.4 Å². The van der Waals surface area contributed by atoms with E-state index >= 15 is 0 Å². The molecule has 126 valence electrons. The highest BCUT2D eigenvalue weighted by molar-refractivity contribution is 6.44. The molecule has 0 unspecified atom stereocenters. The first-order chi connectivity index (χ1) is 11.5. The minimum absolute atomic E-state index is 0.307. The average Bonchev–Trinajstić information content (AvgIpc) is 2.60. The minimum Gasteiger partial charge on any atom is -0.370 e. The summed E-state index contributed by atoms with van der Waals surface area (Å²) in [4.78, 5) is 18.9. The van der Waals surface area contributed by atoms with Crippen LogP contribution in [0.5, 0.6) is 0 Å². The van der Waals surface area contributed by atoms with E-state index < -0.39 is 0 Å². The van der Waals surface area contributed by atoms with E-state index in [0.29, 0.717) is 21.4 Å². The quantitative estimate of drug-likeness (QED) is 0.845. The van der Waals surface area contributed by atoms with E-state index in [1.165, 1.54) is 12.8 Å². The van der Waals surface area contributed by atoms with Crippen molar-refractivity contribution in [1.29, 1.82) is 0 Å². The summed E-state index contributed by atoms with van der Waals surface area (Å²) in [5.41, 5.74) is 1.88. The molecule has 0 spiro atoms. The van der Waals surface area contributed by atoms with Crippen molar-refractivity contribution in [3.8, 4) is 0 Å². The van der Waals surface area contributed by atoms with Crippen molar-refractivity contribution in [2.45, 2.75) is 19.8 Å². The monoisotopic (exact) mass is 363 g/mol. The predicted octanol–water partition coefficient (Wildman–Crippen LogP) is 4.88. The van der Waals surface area contributed by atoms with E-state index in [4.69, 9.17) is 23.2 Å². The van der Waals surface area contributed by atoms with E-state index in [9.17, 15) is 4.79 Å². The maximum absolute atomic E-state index is 12.3. The molecule has 1 aliphatic heterocycles. The number of benzene rings is 1. The zero-order chi connectivity index (χ0) is 17.1. The fraction of sp³-hybridized carbons (Fsp3) is 0.333. The first-order valence-corrected chi connectivity index (χ1v) is 8.76. The van der Waals surface area contributed by atoms with Gasteiger partial charge in [-0.25, -0.2) is 4.98 Å². The van der Waals surface area contributed by atoms with Crippen molar-refractivity contribution in [3.63, 3.8) is 0 Å². The third-order valence-electron chi connectivity index (χ3n) is 4.33. The van der Waals surface area contributed by atoms with Crippen LogP contribution in [0.1, 0.15) is 30.3 Å². The van der Waals surface area contributed by atoms with Crippen molar-refractivity contribution >= 4 is 40.5 Å². The Morgan fingerprint density at radius 3 is 2.62 bits per heavy atom. The number of hydrogen-bond acceptors (Lipinski definition) is 3. The van der Waals surface area contributed by atoms with Crippen LogP contribution in [0.25, 0.3) is 0 Å². The molecule has 24 heavy (non-hydrogen) atoms. The number of rotatable bonds is 3. The molecular weight excluding hydrogens is 345 g/mol. The van der Waals surface area contributed by atoms with E-state index in [1.54, 1.807) is 30.5 Å². The molecule has 1 aliphatic rings. The van der Waals surface area contributed by atoms with Gasteiger partial charge in [0.2, 0.25) is 0 Å². The maximum atomic E-state index is 12.3. The van der Waals surface area contributed by atoms with Gasteiger partial charge in [-0.15, -0.1) is 0 Å². The Balaban J connectivity index is 1.69. The summed E-state index contributed by atoms with van der Waals surface area (Å²) in [5.74, 6) is 0.472. The molecule has 0 radical (unpaired) electrons. The second-order valence-corrected chi connectivity index (χ2v) is 6.91. The lowest BCUT2D eigenvalue weighted by Crippen LogP contribution is -2.32. The lowest BCUT2D eigenvalue weighted by molar-refractivity contribution is 0.102. The first kappa shape index (κ1) is 17.1. The molecule has 1 aromatic heterocycles. The molecular formula is C18H19Cl2N3O. The lowest BCUT2D eigenvalue weighted by atomic mass is 9.99. The highest BCUT2D eigenvalue weighted by atomic mass is 35.5. The van der Waals surface area contributed by atoms with E-state index in [2.05, 4.69) is 22.1 Å². The van der Waals surface area contributed by atoms with Gasteiger partial charge in [-0.05, 0) is 43.0 Å². The van der Waals surface area contributed by atoms with Crippen LogP contribution in [-0.2, 0) is 0 Å². The number of halogens is 2. The molecule has 2 heterocycles. The highest BCUT2D eigenvalue weighted by Crippen LogP contribution is 2.30. The van der Waals surface area contributed by atoms with Crippen LogP contribution < -0.4 is 10.2 Å². The molecule has 3 rings (SSSR count). The van der Waals surface area contributed by atoms with Crippen molar-refractivity contribution in [2.75, 3.05) is 23.3 Å². The first-order valence-electron chi connectivity index (χ1n) is 8.01. The second kappa shape index (κ2) is 7.41. The van der Waals surface area contributed by atoms with Crippen LogP contribution in [0.3, 0.4) is 0 Å². The summed E-state index contributed by atoms with van der Waals surface area (Å²) < 4.78 is 0.